The molecule has 0 fully saturated rings. The standard InChI is InChI=1S/C25H25FN4O3S.2H2/c1-15(2)34(31,32)19-8-6-18(7-9-19)23-14-28-16(3)25(29-23)24-12-22(30-33-24)20-10-5-17(13-27-4)11-21(20)26;;/h5-12,14-15,27H,13H2,1-4H3;2*1H. The maximum atomic E-state index is 14.6. The molecule has 34 heavy (non-hydrogen) atoms. The predicted molar refractivity (Wildman–Crippen MR) is 132 cm³/mol. The maximum Gasteiger partial charge on any atom is 0.187 e. The minimum atomic E-state index is -3.36. The van der Waals surface area contributed by atoms with E-state index in [1.807, 2.05) is 6.07 Å². The molecule has 2 aromatic heterocycles. The van der Waals surface area contributed by atoms with Gasteiger partial charge >= 0.3 is 0 Å². The van der Waals surface area contributed by atoms with Crippen LogP contribution in [0.3, 0.4) is 0 Å². The Balaban J connectivity index is 0.00000228. The monoisotopic (exact) mass is 484 g/mol. The molecule has 0 radical (unpaired) electrons. The minimum Gasteiger partial charge on any atom is -0.354 e. The Labute approximate surface area is 201 Å². The predicted octanol–water partition coefficient (Wildman–Crippen LogP) is 5.31. The van der Waals surface area contributed by atoms with Crippen LogP contribution >= 0.6 is 0 Å². The molecule has 0 spiro atoms. The fraction of sp³-hybridized carbons (Fsp3) is 0.240. The summed E-state index contributed by atoms with van der Waals surface area (Å²) in [6.07, 6.45) is 1.61. The normalized spacial score (nSPS) is 11.8. The summed E-state index contributed by atoms with van der Waals surface area (Å²) in [4.78, 5) is 9.33. The fourth-order valence-corrected chi connectivity index (χ4v) is 4.56. The summed E-state index contributed by atoms with van der Waals surface area (Å²) in [5, 5.41) is 6.52. The molecule has 0 aliphatic rings. The number of nitrogens with zero attached hydrogens (tertiary/aromatic N) is 3. The van der Waals surface area contributed by atoms with Gasteiger partial charge in [-0.25, -0.2) is 17.8 Å². The van der Waals surface area contributed by atoms with Gasteiger partial charge in [0.2, 0.25) is 0 Å². The third-order valence-corrected chi connectivity index (χ3v) is 7.66. The zero-order valence-electron chi connectivity index (χ0n) is 19.3. The number of rotatable bonds is 7. The fourth-order valence-electron chi connectivity index (χ4n) is 3.50. The van der Waals surface area contributed by atoms with Gasteiger partial charge in [0.1, 0.15) is 17.2 Å². The van der Waals surface area contributed by atoms with E-state index in [2.05, 4.69) is 20.4 Å². The van der Waals surface area contributed by atoms with E-state index >= 15 is 0 Å². The van der Waals surface area contributed by atoms with E-state index < -0.39 is 15.1 Å². The molecule has 4 aromatic rings. The molecule has 0 amide bonds. The largest absolute Gasteiger partial charge is 0.354 e. The SMILES string of the molecule is CNCc1ccc(-c2cc(-c3nc(-c4ccc(S(=O)(=O)C(C)C)cc4)cnc3C)on2)c(F)c1.[HH].[HH]. The Morgan fingerprint density at radius 2 is 1.82 bits per heavy atom. The van der Waals surface area contributed by atoms with Gasteiger partial charge in [0, 0.05) is 26.6 Å². The Hall–Kier alpha value is -3.43. The molecule has 180 valence electrons. The quantitative estimate of drug-likeness (QED) is 0.380. The van der Waals surface area contributed by atoms with Gasteiger partial charge in [0.25, 0.3) is 0 Å². The summed E-state index contributed by atoms with van der Waals surface area (Å²) in [6.45, 7) is 5.65. The Morgan fingerprint density at radius 3 is 2.47 bits per heavy atom. The molecule has 2 heterocycles. The highest BCUT2D eigenvalue weighted by Gasteiger charge is 2.20. The van der Waals surface area contributed by atoms with Crippen molar-refractivity contribution >= 4 is 9.84 Å². The highest BCUT2D eigenvalue weighted by Crippen LogP contribution is 2.30. The van der Waals surface area contributed by atoms with Crippen LogP contribution in [0.5, 0.6) is 0 Å². The molecule has 2 aromatic carbocycles. The van der Waals surface area contributed by atoms with E-state index in [0.29, 0.717) is 46.2 Å². The number of sulfone groups is 1. The van der Waals surface area contributed by atoms with Gasteiger partial charge in [-0.3, -0.25) is 4.98 Å². The van der Waals surface area contributed by atoms with Crippen molar-refractivity contribution in [2.45, 2.75) is 37.5 Å². The molecular formula is C25H29FN4O3S. The number of hydrogen-bond acceptors (Lipinski definition) is 7. The van der Waals surface area contributed by atoms with E-state index in [1.165, 1.54) is 6.07 Å². The lowest BCUT2D eigenvalue weighted by Gasteiger charge is -2.09. The molecule has 7 nitrogen and oxygen atoms in total. The molecule has 0 bridgehead atoms. The van der Waals surface area contributed by atoms with Gasteiger partial charge in [-0.2, -0.15) is 0 Å². The summed E-state index contributed by atoms with van der Waals surface area (Å²) < 4.78 is 44.9. The molecule has 4 rings (SSSR count). The first-order valence-corrected chi connectivity index (χ1v) is 12.3. The van der Waals surface area contributed by atoms with Crippen molar-refractivity contribution in [2.24, 2.45) is 0 Å². The van der Waals surface area contributed by atoms with Gasteiger partial charge in [-0.15, -0.1) is 0 Å². The Kier molecular flexibility index (Phi) is 6.58. The van der Waals surface area contributed by atoms with Crippen LogP contribution in [0, 0.1) is 12.7 Å². The smallest absolute Gasteiger partial charge is 0.187 e. The van der Waals surface area contributed by atoms with Crippen molar-refractivity contribution in [3.8, 4) is 34.0 Å². The summed E-state index contributed by atoms with van der Waals surface area (Å²) in [5.41, 5.74) is 3.88. The minimum absolute atomic E-state index is 0. The molecule has 1 N–H and O–H groups in total. The first kappa shape index (κ1) is 23.7. The van der Waals surface area contributed by atoms with Crippen molar-refractivity contribution in [1.29, 1.82) is 0 Å². The van der Waals surface area contributed by atoms with E-state index in [4.69, 9.17) is 4.52 Å². The van der Waals surface area contributed by atoms with Crippen molar-refractivity contribution < 1.29 is 20.2 Å². The number of halogens is 1. The number of aromatic nitrogens is 3. The van der Waals surface area contributed by atoms with Gasteiger partial charge in [0.15, 0.2) is 15.6 Å². The second-order valence-corrected chi connectivity index (χ2v) is 10.7. The second kappa shape index (κ2) is 9.44. The van der Waals surface area contributed by atoms with E-state index in [-0.39, 0.29) is 13.6 Å². The highest BCUT2D eigenvalue weighted by atomic mass is 32.2. The molecule has 0 saturated heterocycles. The second-order valence-electron chi connectivity index (χ2n) is 8.23. The zero-order valence-corrected chi connectivity index (χ0v) is 20.1. The van der Waals surface area contributed by atoms with Gasteiger partial charge in [-0.1, -0.05) is 23.4 Å². The van der Waals surface area contributed by atoms with Crippen LogP contribution in [-0.2, 0) is 16.4 Å². The Morgan fingerprint density at radius 1 is 1.09 bits per heavy atom. The van der Waals surface area contributed by atoms with Crippen LogP contribution in [0.25, 0.3) is 34.0 Å². The summed E-state index contributed by atoms with van der Waals surface area (Å²) in [6, 6.07) is 13.1. The highest BCUT2D eigenvalue weighted by molar-refractivity contribution is 7.92. The molecule has 9 heteroatoms. The van der Waals surface area contributed by atoms with Gasteiger partial charge < -0.3 is 9.84 Å². The first-order chi connectivity index (χ1) is 16.2. The van der Waals surface area contributed by atoms with Crippen molar-refractivity contribution in [3.63, 3.8) is 0 Å². The third kappa shape index (κ3) is 4.62. The molecular weight excluding hydrogens is 455 g/mol. The number of hydrogen-bond donors (Lipinski definition) is 1. The lowest BCUT2D eigenvalue weighted by Crippen LogP contribution is -2.13. The lowest BCUT2D eigenvalue weighted by molar-refractivity contribution is 0.432. The van der Waals surface area contributed by atoms with Crippen molar-refractivity contribution in [2.75, 3.05) is 7.05 Å². The molecule has 0 atom stereocenters. The number of nitrogens with one attached hydrogen (secondary N) is 1. The van der Waals surface area contributed by atoms with Crippen LogP contribution in [0.15, 0.2) is 64.1 Å². The molecule has 0 aliphatic heterocycles. The van der Waals surface area contributed by atoms with Crippen LogP contribution in [0.1, 0.15) is 28.0 Å². The van der Waals surface area contributed by atoms with Crippen LogP contribution in [0.2, 0.25) is 0 Å². The Bertz CT molecular complexity index is 1440. The van der Waals surface area contributed by atoms with Crippen LogP contribution in [0.4, 0.5) is 4.39 Å². The van der Waals surface area contributed by atoms with Crippen LogP contribution < -0.4 is 5.32 Å². The molecule has 0 saturated carbocycles. The first-order valence-electron chi connectivity index (χ1n) is 10.8. The lowest BCUT2D eigenvalue weighted by atomic mass is 10.1. The topological polar surface area (TPSA) is 98.0 Å². The third-order valence-electron chi connectivity index (χ3n) is 5.49. The average Bonchev–Trinajstić information content (AvgIpc) is 3.29. The molecule has 0 aliphatic carbocycles. The van der Waals surface area contributed by atoms with Crippen molar-refractivity contribution in [1.82, 2.24) is 20.4 Å². The summed E-state index contributed by atoms with van der Waals surface area (Å²) in [7, 11) is -1.56. The van der Waals surface area contributed by atoms with Crippen molar-refractivity contribution in [3.05, 3.63) is 71.8 Å². The number of benzene rings is 2. The summed E-state index contributed by atoms with van der Waals surface area (Å²) >= 11 is 0. The van der Waals surface area contributed by atoms with Crippen LogP contribution in [-0.4, -0.2) is 35.8 Å². The van der Waals surface area contributed by atoms with E-state index in [0.717, 1.165) is 5.56 Å². The zero-order chi connectivity index (χ0) is 24.5. The average molecular weight is 485 g/mol. The molecule has 0 unspecified atom stereocenters. The summed E-state index contributed by atoms with van der Waals surface area (Å²) in [5.74, 6) is -0.0276. The maximum absolute atomic E-state index is 14.6. The van der Waals surface area contributed by atoms with E-state index in [1.54, 1.807) is 70.4 Å². The van der Waals surface area contributed by atoms with E-state index in [9.17, 15) is 12.8 Å². The van der Waals surface area contributed by atoms with Gasteiger partial charge in [0.05, 0.1) is 27.7 Å². The van der Waals surface area contributed by atoms with Gasteiger partial charge in [-0.05, 0) is 57.6 Å². The number of aryl methyl sites for hydroxylation is 1.